The highest BCUT2D eigenvalue weighted by molar-refractivity contribution is 5.39. The summed E-state index contributed by atoms with van der Waals surface area (Å²) in [6.07, 6.45) is -0.733. The second-order valence-corrected chi connectivity index (χ2v) is 5.30. The van der Waals surface area contributed by atoms with E-state index < -0.39 is 17.3 Å². The molecule has 0 saturated heterocycles. The lowest BCUT2D eigenvalue weighted by Crippen LogP contribution is -2.39. The minimum atomic E-state index is -1.11. The maximum atomic E-state index is 13.3. The molecule has 0 aromatic heterocycles. The Labute approximate surface area is 122 Å². The zero-order valence-corrected chi connectivity index (χ0v) is 11.3. The number of aliphatic hydroxyl groups is 1. The number of nitrogens with zero attached hydrogens (tertiary/aromatic N) is 1. The van der Waals surface area contributed by atoms with Crippen LogP contribution >= 0.6 is 0 Å². The Kier molecular flexibility index (Phi) is 3.36. The van der Waals surface area contributed by atoms with Crippen molar-refractivity contribution in [3.05, 3.63) is 65.5 Å². The first kappa shape index (κ1) is 13.6. The third-order valence-electron chi connectivity index (χ3n) is 3.87. The largest absolute Gasteiger partial charge is 0.492 e. The number of ether oxygens (including phenoxy) is 1. The molecule has 0 saturated carbocycles. The van der Waals surface area contributed by atoms with E-state index in [0.29, 0.717) is 12.0 Å². The molecule has 1 aliphatic heterocycles. The molecule has 0 radical (unpaired) electrons. The van der Waals surface area contributed by atoms with Gasteiger partial charge in [0.1, 0.15) is 29.7 Å². The summed E-state index contributed by atoms with van der Waals surface area (Å²) in [6.45, 7) is 0.0815. The number of halogens is 1. The van der Waals surface area contributed by atoms with Crippen molar-refractivity contribution in [3.63, 3.8) is 0 Å². The van der Waals surface area contributed by atoms with Crippen molar-refractivity contribution in [1.82, 2.24) is 0 Å². The fourth-order valence-corrected chi connectivity index (χ4v) is 2.69. The van der Waals surface area contributed by atoms with Gasteiger partial charge in [0.15, 0.2) is 0 Å². The van der Waals surface area contributed by atoms with Gasteiger partial charge in [0.2, 0.25) is 0 Å². The third kappa shape index (κ3) is 2.37. The average molecular weight is 283 g/mol. The fourth-order valence-electron chi connectivity index (χ4n) is 2.69. The molecule has 1 aliphatic rings. The van der Waals surface area contributed by atoms with E-state index in [1.54, 1.807) is 6.07 Å². The number of fused-ring (bicyclic) bond motifs is 1. The Morgan fingerprint density at radius 2 is 2.05 bits per heavy atom. The van der Waals surface area contributed by atoms with Gasteiger partial charge in [-0.2, -0.15) is 5.26 Å². The minimum absolute atomic E-state index is 0.0815. The predicted octanol–water partition coefficient (Wildman–Crippen LogP) is 3.00. The topological polar surface area (TPSA) is 53.2 Å². The van der Waals surface area contributed by atoms with Gasteiger partial charge in [-0.3, -0.25) is 0 Å². The molecule has 1 N–H and O–H groups in total. The lowest BCUT2D eigenvalue weighted by molar-refractivity contribution is 0.0170. The maximum absolute atomic E-state index is 13.3. The van der Waals surface area contributed by atoms with E-state index in [2.05, 4.69) is 6.07 Å². The molecule has 1 heterocycles. The first-order valence-electron chi connectivity index (χ1n) is 6.70. The second kappa shape index (κ2) is 5.19. The quantitative estimate of drug-likeness (QED) is 0.921. The van der Waals surface area contributed by atoms with Crippen molar-refractivity contribution in [2.24, 2.45) is 5.41 Å². The normalized spacial score (nSPS) is 21.8. The highest BCUT2D eigenvalue weighted by Crippen LogP contribution is 2.42. The molecule has 2 atom stereocenters. The monoisotopic (exact) mass is 283 g/mol. The SMILES string of the molecule is N#CC1(C(O)c2cccc(F)c2)COc2ccccc2C1. The standard InChI is InChI=1S/C17H14FNO2/c18-14-6-3-5-12(8-14)16(20)17(10-19)9-13-4-1-2-7-15(13)21-11-17/h1-8,16,20H,9,11H2. The van der Waals surface area contributed by atoms with Crippen LogP contribution in [0.4, 0.5) is 4.39 Å². The number of para-hydroxylation sites is 1. The van der Waals surface area contributed by atoms with E-state index in [9.17, 15) is 14.8 Å². The van der Waals surface area contributed by atoms with Crippen LogP contribution in [-0.2, 0) is 6.42 Å². The number of hydrogen-bond donors (Lipinski definition) is 1. The molecule has 3 nitrogen and oxygen atoms in total. The average Bonchev–Trinajstić information content (AvgIpc) is 2.53. The van der Waals surface area contributed by atoms with Gasteiger partial charge in [-0.05, 0) is 29.3 Å². The van der Waals surface area contributed by atoms with Gasteiger partial charge < -0.3 is 9.84 Å². The van der Waals surface area contributed by atoms with Crippen molar-refractivity contribution in [2.45, 2.75) is 12.5 Å². The van der Waals surface area contributed by atoms with Gasteiger partial charge in [0.25, 0.3) is 0 Å². The fraction of sp³-hybridized carbons (Fsp3) is 0.235. The molecule has 0 aliphatic carbocycles. The minimum Gasteiger partial charge on any atom is -0.492 e. The van der Waals surface area contributed by atoms with Crippen molar-refractivity contribution in [1.29, 1.82) is 5.26 Å². The Morgan fingerprint density at radius 1 is 1.24 bits per heavy atom. The molecule has 0 fully saturated rings. The molecule has 2 aromatic carbocycles. The molecule has 2 unspecified atom stereocenters. The van der Waals surface area contributed by atoms with Gasteiger partial charge in [0.05, 0.1) is 6.07 Å². The van der Waals surface area contributed by atoms with E-state index >= 15 is 0 Å². The van der Waals surface area contributed by atoms with Crippen LogP contribution in [0.1, 0.15) is 17.2 Å². The van der Waals surface area contributed by atoms with Crippen LogP contribution in [0.5, 0.6) is 5.75 Å². The van der Waals surface area contributed by atoms with Crippen LogP contribution in [0, 0.1) is 22.6 Å². The first-order chi connectivity index (χ1) is 10.1. The zero-order valence-electron chi connectivity index (χ0n) is 11.3. The summed E-state index contributed by atoms with van der Waals surface area (Å²) in [4.78, 5) is 0. The van der Waals surface area contributed by atoms with Crippen molar-refractivity contribution >= 4 is 0 Å². The van der Waals surface area contributed by atoms with E-state index in [0.717, 1.165) is 11.3 Å². The van der Waals surface area contributed by atoms with Crippen LogP contribution < -0.4 is 4.74 Å². The summed E-state index contributed by atoms with van der Waals surface area (Å²) in [7, 11) is 0. The van der Waals surface area contributed by atoms with Crippen LogP contribution in [0.15, 0.2) is 48.5 Å². The van der Waals surface area contributed by atoms with Crippen molar-refractivity contribution < 1.29 is 14.2 Å². The summed E-state index contributed by atoms with van der Waals surface area (Å²) in [5, 5.41) is 20.2. The summed E-state index contributed by atoms with van der Waals surface area (Å²) >= 11 is 0. The third-order valence-corrected chi connectivity index (χ3v) is 3.87. The van der Waals surface area contributed by atoms with Gasteiger partial charge in [0, 0.05) is 6.42 Å². The van der Waals surface area contributed by atoms with Gasteiger partial charge in [-0.25, -0.2) is 4.39 Å². The van der Waals surface area contributed by atoms with E-state index in [-0.39, 0.29) is 6.61 Å². The van der Waals surface area contributed by atoms with Gasteiger partial charge >= 0.3 is 0 Å². The van der Waals surface area contributed by atoms with Crippen molar-refractivity contribution in [3.8, 4) is 11.8 Å². The van der Waals surface area contributed by atoms with Crippen LogP contribution in [0.3, 0.4) is 0 Å². The number of aliphatic hydroxyl groups excluding tert-OH is 1. The number of hydrogen-bond acceptors (Lipinski definition) is 3. The number of nitriles is 1. The van der Waals surface area contributed by atoms with Crippen LogP contribution in [0.25, 0.3) is 0 Å². The van der Waals surface area contributed by atoms with Crippen molar-refractivity contribution in [2.75, 3.05) is 6.61 Å². The zero-order chi connectivity index (χ0) is 14.9. The highest BCUT2D eigenvalue weighted by Gasteiger charge is 2.43. The Bertz CT molecular complexity index is 710. The van der Waals surface area contributed by atoms with E-state index in [4.69, 9.17) is 4.74 Å². The van der Waals surface area contributed by atoms with E-state index in [1.165, 1.54) is 18.2 Å². The van der Waals surface area contributed by atoms with Crippen LogP contribution in [-0.4, -0.2) is 11.7 Å². The molecule has 4 heteroatoms. The smallest absolute Gasteiger partial charge is 0.125 e. The maximum Gasteiger partial charge on any atom is 0.125 e. The molecule has 3 rings (SSSR count). The molecule has 0 amide bonds. The number of rotatable bonds is 2. The molecule has 21 heavy (non-hydrogen) atoms. The predicted molar refractivity (Wildman–Crippen MR) is 75.0 cm³/mol. The van der Waals surface area contributed by atoms with Gasteiger partial charge in [-0.15, -0.1) is 0 Å². The molecule has 2 aromatic rings. The lowest BCUT2D eigenvalue weighted by Gasteiger charge is -2.36. The molecule has 0 spiro atoms. The van der Waals surface area contributed by atoms with Crippen LogP contribution in [0.2, 0.25) is 0 Å². The molecular formula is C17H14FNO2. The Balaban J connectivity index is 1.97. The summed E-state index contributed by atoms with van der Waals surface area (Å²) in [6, 6.07) is 15.3. The van der Waals surface area contributed by atoms with E-state index in [1.807, 2.05) is 24.3 Å². The summed E-state index contributed by atoms with van der Waals surface area (Å²) < 4.78 is 19.0. The highest BCUT2D eigenvalue weighted by atomic mass is 19.1. The molecule has 106 valence electrons. The van der Waals surface area contributed by atoms with Gasteiger partial charge in [-0.1, -0.05) is 30.3 Å². The summed E-state index contributed by atoms with van der Waals surface area (Å²) in [5.41, 5.74) is 0.155. The first-order valence-corrected chi connectivity index (χ1v) is 6.70. The number of benzene rings is 2. The molecule has 0 bridgehead atoms. The molecular weight excluding hydrogens is 269 g/mol. The Hall–Kier alpha value is -2.38. The summed E-state index contributed by atoms with van der Waals surface area (Å²) in [5.74, 6) is 0.298. The second-order valence-electron chi connectivity index (χ2n) is 5.30. The lowest BCUT2D eigenvalue weighted by atomic mass is 9.74. The Morgan fingerprint density at radius 3 is 2.81 bits per heavy atom.